The zero-order valence-electron chi connectivity index (χ0n) is 17.2. The molecule has 2 aliphatic rings. The molecule has 4 heterocycles. The Labute approximate surface area is 179 Å². The van der Waals surface area contributed by atoms with Gasteiger partial charge in [-0.1, -0.05) is 6.92 Å². The third kappa shape index (κ3) is 3.91. The van der Waals surface area contributed by atoms with Crippen molar-refractivity contribution in [2.24, 2.45) is 5.92 Å². The molecule has 0 aromatic carbocycles. The number of thiophene rings is 1. The highest BCUT2D eigenvalue weighted by Gasteiger charge is 2.33. The van der Waals surface area contributed by atoms with Gasteiger partial charge >= 0.3 is 0 Å². The number of carbonyl (C=O) groups is 1. The second kappa shape index (κ2) is 8.37. The Balaban J connectivity index is 1.71. The lowest BCUT2D eigenvalue weighted by Crippen LogP contribution is -2.42. The van der Waals surface area contributed by atoms with E-state index in [9.17, 15) is 18.0 Å². The van der Waals surface area contributed by atoms with Crippen molar-refractivity contribution >= 4 is 37.5 Å². The van der Waals surface area contributed by atoms with Gasteiger partial charge in [-0.25, -0.2) is 13.4 Å². The SMILES string of the molecule is Cc1sc2ncn(CC(=O)N3CCC[C@@H](C)C3)c(=O)c2c1S(=O)(=O)N1CCOCC1. The van der Waals surface area contributed by atoms with Gasteiger partial charge in [0.05, 0.1) is 24.9 Å². The van der Waals surface area contributed by atoms with E-state index in [1.54, 1.807) is 11.8 Å². The van der Waals surface area contributed by atoms with E-state index in [0.717, 1.165) is 12.8 Å². The van der Waals surface area contributed by atoms with Crippen LogP contribution in [0, 0.1) is 12.8 Å². The van der Waals surface area contributed by atoms with Crippen molar-refractivity contribution in [3.8, 4) is 0 Å². The topological polar surface area (TPSA) is 102 Å². The number of fused-ring (bicyclic) bond motifs is 1. The van der Waals surface area contributed by atoms with Crippen molar-refractivity contribution in [2.75, 3.05) is 39.4 Å². The molecule has 0 spiro atoms. The Hall–Kier alpha value is -1.82. The van der Waals surface area contributed by atoms with Gasteiger partial charge in [0.1, 0.15) is 16.3 Å². The van der Waals surface area contributed by atoms with Gasteiger partial charge in [0.2, 0.25) is 15.9 Å². The molecule has 30 heavy (non-hydrogen) atoms. The summed E-state index contributed by atoms with van der Waals surface area (Å²) in [7, 11) is -3.86. The largest absolute Gasteiger partial charge is 0.379 e. The van der Waals surface area contributed by atoms with Crippen LogP contribution in [0.2, 0.25) is 0 Å². The van der Waals surface area contributed by atoms with Gasteiger partial charge in [0.15, 0.2) is 0 Å². The van der Waals surface area contributed by atoms with Crippen LogP contribution in [0.3, 0.4) is 0 Å². The van der Waals surface area contributed by atoms with Crippen LogP contribution in [0.1, 0.15) is 24.6 Å². The van der Waals surface area contributed by atoms with Crippen molar-refractivity contribution in [1.29, 1.82) is 0 Å². The number of sulfonamides is 1. The molecular formula is C19H26N4O5S2. The summed E-state index contributed by atoms with van der Waals surface area (Å²) in [5.41, 5.74) is -0.491. The molecular weight excluding hydrogens is 428 g/mol. The fourth-order valence-electron chi connectivity index (χ4n) is 4.11. The van der Waals surface area contributed by atoms with Crippen molar-refractivity contribution in [2.45, 2.75) is 38.1 Å². The molecule has 1 amide bonds. The van der Waals surface area contributed by atoms with Gasteiger partial charge < -0.3 is 9.64 Å². The Morgan fingerprint density at radius 3 is 2.73 bits per heavy atom. The molecule has 0 N–H and O–H groups in total. The van der Waals surface area contributed by atoms with Crippen molar-refractivity contribution in [1.82, 2.24) is 18.8 Å². The molecule has 0 aliphatic carbocycles. The quantitative estimate of drug-likeness (QED) is 0.684. The summed E-state index contributed by atoms with van der Waals surface area (Å²) in [5.74, 6) is 0.291. The highest BCUT2D eigenvalue weighted by Crippen LogP contribution is 2.33. The Bertz CT molecular complexity index is 1120. The number of ether oxygens (including phenoxy) is 1. The van der Waals surface area contributed by atoms with Crippen LogP contribution in [0.25, 0.3) is 10.2 Å². The number of carbonyl (C=O) groups excluding carboxylic acids is 1. The number of aromatic nitrogens is 2. The normalized spacial score (nSPS) is 21.3. The third-order valence-corrected chi connectivity index (χ3v) is 8.90. The Morgan fingerprint density at radius 2 is 2.03 bits per heavy atom. The maximum absolute atomic E-state index is 13.3. The first-order valence-corrected chi connectivity index (χ1v) is 12.4. The summed E-state index contributed by atoms with van der Waals surface area (Å²) in [5, 5.41) is 0.0753. The number of likely N-dealkylation sites (tertiary alicyclic amines) is 1. The molecule has 9 nitrogen and oxygen atoms in total. The number of piperidine rings is 1. The maximum Gasteiger partial charge on any atom is 0.263 e. The summed E-state index contributed by atoms with van der Waals surface area (Å²) < 4.78 is 34.4. The highest BCUT2D eigenvalue weighted by atomic mass is 32.2. The molecule has 11 heteroatoms. The van der Waals surface area contributed by atoms with Crippen LogP contribution in [0.4, 0.5) is 0 Å². The second-order valence-corrected chi connectivity index (χ2v) is 11.0. The summed E-state index contributed by atoms with van der Waals surface area (Å²) >= 11 is 1.18. The van der Waals surface area contributed by atoms with Crippen LogP contribution in [-0.2, 0) is 26.1 Å². The van der Waals surface area contributed by atoms with E-state index in [1.807, 2.05) is 0 Å². The minimum absolute atomic E-state index is 0.00953. The van der Waals surface area contributed by atoms with E-state index in [2.05, 4.69) is 11.9 Å². The number of nitrogens with zero attached hydrogens (tertiary/aromatic N) is 4. The number of hydrogen-bond acceptors (Lipinski definition) is 7. The van der Waals surface area contributed by atoms with Crippen LogP contribution < -0.4 is 5.56 Å². The summed E-state index contributed by atoms with van der Waals surface area (Å²) in [6.45, 7) is 6.16. The molecule has 0 saturated carbocycles. The Morgan fingerprint density at radius 1 is 1.30 bits per heavy atom. The fraction of sp³-hybridized carbons (Fsp3) is 0.632. The maximum atomic E-state index is 13.3. The standard InChI is InChI=1S/C19H26N4O5S2/c1-13-4-3-5-21(10-13)15(24)11-22-12-20-18-16(19(22)25)17(14(2)29-18)30(26,27)23-6-8-28-9-7-23/h12-13H,3-11H2,1-2H3/t13-/m1/s1. The van der Waals surface area contributed by atoms with Gasteiger partial charge in [-0.2, -0.15) is 4.31 Å². The summed E-state index contributed by atoms with van der Waals surface area (Å²) in [6, 6.07) is 0. The number of aryl methyl sites for hydroxylation is 1. The van der Waals surface area contributed by atoms with Gasteiger partial charge in [-0.15, -0.1) is 11.3 Å². The van der Waals surface area contributed by atoms with E-state index in [0.29, 0.717) is 41.9 Å². The van der Waals surface area contributed by atoms with E-state index in [1.165, 1.54) is 26.5 Å². The second-order valence-electron chi connectivity index (χ2n) is 7.95. The summed E-state index contributed by atoms with van der Waals surface area (Å²) in [4.78, 5) is 32.9. The van der Waals surface area contributed by atoms with Crippen molar-refractivity contribution < 1.29 is 17.9 Å². The zero-order chi connectivity index (χ0) is 21.5. The predicted octanol–water partition coefficient (Wildman–Crippen LogP) is 1.05. The average Bonchev–Trinajstić information content (AvgIpc) is 3.08. The first-order chi connectivity index (χ1) is 14.3. The molecule has 2 fully saturated rings. The number of rotatable bonds is 4. The molecule has 0 bridgehead atoms. The average molecular weight is 455 g/mol. The Kier molecular flexibility index (Phi) is 5.97. The van der Waals surface area contributed by atoms with E-state index >= 15 is 0 Å². The lowest BCUT2D eigenvalue weighted by atomic mass is 10.0. The molecule has 2 aromatic heterocycles. The van der Waals surface area contributed by atoms with Crippen LogP contribution in [0.5, 0.6) is 0 Å². The van der Waals surface area contributed by atoms with Gasteiger partial charge in [-0.05, 0) is 25.7 Å². The molecule has 4 rings (SSSR count). The van der Waals surface area contributed by atoms with Gasteiger partial charge in [0.25, 0.3) is 5.56 Å². The minimum Gasteiger partial charge on any atom is -0.379 e. The van der Waals surface area contributed by atoms with E-state index in [-0.39, 0.29) is 35.8 Å². The highest BCUT2D eigenvalue weighted by molar-refractivity contribution is 7.89. The lowest BCUT2D eigenvalue weighted by Gasteiger charge is -2.31. The molecule has 1 atom stereocenters. The van der Waals surface area contributed by atoms with Gasteiger partial charge in [0, 0.05) is 31.1 Å². The predicted molar refractivity (Wildman–Crippen MR) is 113 cm³/mol. The van der Waals surface area contributed by atoms with Gasteiger partial charge in [-0.3, -0.25) is 14.2 Å². The fourth-order valence-corrected chi connectivity index (χ4v) is 7.19. The third-order valence-electron chi connectivity index (χ3n) is 5.68. The number of hydrogen-bond donors (Lipinski definition) is 0. The first-order valence-electron chi connectivity index (χ1n) is 10.1. The summed E-state index contributed by atoms with van der Waals surface area (Å²) in [6.07, 6.45) is 3.38. The van der Waals surface area contributed by atoms with Crippen molar-refractivity contribution in [3.63, 3.8) is 0 Å². The molecule has 2 aromatic rings. The lowest BCUT2D eigenvalue weighted by molar-refractivity contribution is -0.133. The molecule has 164 valence electrons. The molecule has 2 aliphatic heterocycles. The van der Waals surface area contributed by atoms with E-state index < -0.39 is 15.6 Å². The zero-order valence-corrected chi connectivity index (χ0v) is 18.8. The van der Waals surface area contributed by atoms with Crippen LogP contribution in [0.15, 0.2) is 16.0 Å². The molecule has 0 radical (unpaired) electrons. The minimum atomic E-state index is -3.86. The van der Waals surface area contributed by atoms with Crippen LogP contribution in [-0.4, -0.2) is 72.5 Å². The molecule has 2 saturated heterocycles. The smallest absolute Gasteiger partial charge is 0.263 e. The first kappa shape index (κ1) is 21.4. The molecule has 0 unspecified atom stereocenters. The monoisotopic (exact) mass is 454 g/mol. The number of amides is 1. The van der Waals surface area contributed by atoms with E-state index in [4.69, 9.17) is 4.74 Å². The number of morpholine rings is 1. The van der Waals surface area contributed by atoms with Crippen molar-refractivity contribution in [3.05, 3.63) is 21.6 Å². The van der Waals surface area contributed by atoms with Crippen LogP contribution >= 0.6 is 11.3 Å².